The van der Waals surface area contributed by atoms with Crippen LogP contribution in [0, 0.1) is 11.6 Å². The molecule has 28 heavy (non-hydrogen) atoms. The summed E-state index contributed by atoms with van der Waals surface area (Å²) in [6, 6.07) is 14.6. The molecule has 0 bridgehead atoms. The van der Waals surface area contributed by atoms with Crippen molar-refractivity contribution in [2.45, 2.75) is 25.3 Å². The standard InChI is InChI=1S/C22H18F2N2O2/c23-14-9-10-17(19(24)13-14)21(28)18-11-12-20(27)26(16-7-2-1-3-8-16)22(18)25-15-5-4-6-15/h1-3,7-13,15,25H,4-6H2. The van der Waals surface area contributed by atoms with Crippen LogP contribution >= 0.6 is 0 Å². The van der Waals surface area contributed by atoms with Crippen molar-refractivity contribution < 1.29 is 13.6 Å². The molecule has 0 aliphatic heterocycles. The second kappa shape index (κ2) is 7.38. The quantitative estimate of drug-likeness (QED) is 0.671. The van der Waals surface area contributed by atoms with E-state index < -0.39 is 17.4 Å². The van der Waals surface area contributed by atoms with E-state index >= 15 is 0 Å². The fraction of sp³-hybridized carbons (Fsp3) is 0.182. The van der Waals surface area contributed by atoms with Crippen LogP contribution in [-0.4, -0.2) is 16.4 Å². The number of hydrogen-bond donors (Lipinski definition) is 1. The largest absolute Gasteiger partial charge is 0.368 e. The summed E-state index contributed by atoms with van der Waals surface area (Å²) in [6.07, 6.45) is 2.92. The number of halogens is 2. The van der Waals surface area contributed by atoms with Crippen molar-refractivity contribution in [1.82, 2.24) is 4.57 Å². The average Bonchev–Trinajstić information content (AvgIpc) is 2.65. The van der Waals surface area contributed by atoms with E-state index in [-0.39, 0.29) is 22.7 Å². The van der Waals surface area contributed by atoms with Gasteiger partial charge in [0.25, 0.3) is 5.56 Å². The molecule has 0 unspecified atom stereocenters. The van der Waals surface area contributed by atoms with Gasteiger partial charge in [-0.1, -0.05) is 18.2 Å². The fourth-order valence-corrected chi connectivity index (χ4v) is 3.26. The monoisotopic (exact) mass is 380 g/mol. The number of pyridine rings is 1. The molecule has 1 N–H and O–H groups in total. The van der Waals surface area contributed by atoms with Crippen molar-refractivity contribution in [3.8, 4) is 5.69 Å². The molecule has 1 saturated carbocycles. The fourth-order valence-electron chi connectivity index (χ4n) is 3.26. The van der Waals surface area contributed by atoms with Gasteiger partial charge in [-0.05, 0) is 49.6 Å². The van der Waals surface area contributed by atoms with E-state index in [1.165, 1.54) is 16.7 Å². The maximum Gasteiger partial charge on any atom is 0.256 e. The minimum Gasteiger partial charge on any atom is -0.368 e. The molecule has 1 aromatic heterocycles. The zero-order valence-corrected chi connectivity index (χ0v) is 15.0. The molecular weight excluding hydrogens is 362 g/mol. The number of carbonyl (C=O) groups is 1. The van der Waals surface area contributed by atoms with Gasteiger partial charge in [0, 0.05) is 18.2 Å². The van der Waals surface area contributed by atoms with Gasteiger partial charge in [0.05, 0.1) is 16.8 Å². The topological polar surface area (TPSA) is 51.1 Å². The summed E-state index contributed by atoms with van der Waals surface area (Å²) < 4.78 is 28.9. The van der Waals surface area contributed by atoms with Crippen LogP contribution in [0.15, 0.2) is 65.5 Å². The predicted octanol–water partition coefficient (Wildman–Crippen LogP) is 4.31. The molecule has 0 radical (unpaired) electrons. The van der Waals surface area contributed by atoms with Gasteiger partial charge in [-0.3, -0.25) is 14.2 Å². The van der Waals surface area contributed by atoms with E-state index in [1.807, 2.05) is 6.07 Å². The first-order valence-corrected chi connectivity index (χ1v) is 9.12. The number of anilines is 1. The van der Waals surface area contributed by atoms with Gasteiger partial charge in [0.2, 0.25) is 0 Å². The van der Waals surface area contributed by atoms with E-state index in [1.54, 1.807) is 24.3 Å². The number of para-hydroxylation sites is 1. The zero-order valence-electron chi connectivity index (χ0n) is 15.0. The molecule has 1 fully saturated rings. The molecule has 6 heteroatoms. The first-order valence-electron chi connectivity index (χ1n) is 9.12. The molecule has 1 aliphatic carbocycles. The minimum absolute atomic E-state index is 0.140. The molecule has 2 aromatic carbocycles. The molecule has 0 saturated heterocycles. The van der Waals surface area contributed by atoms with Crippen molar-refractivity contribution in [2.24, 2.45) is 0 Å². The number of benzene rings is 2. The van der Waals surface area contributed by atoms with Crippen LogP contribution in [0.4, 0.5) is 14.6 Å². The number of carbonyl (C=O) groups excluding carboxylic acids is 1. The summed E-state index contributed by atoms with van der Waals surface area (Å²) in [5.41, 5.74) is 0.227. The van der Waals surface area contributed by atoms with Crippen LogP contribution in [0.1, 0.15) is 35.2 Å². The lowest BCUT2D eigenvalue weighted by Gasteiger charge is -2.30. The molecule has 4 nitrogen and oxygen atoms in total. The highest BCUT2D eigenvalue weighted by molar-refractivity contribution is 6.12. The van der Waals surface area contributed by atoms with Gasteiger partial charge >= 0.3 is 0 Å². The SMILES string of the molecule is O=C(c1ccc(F)cc1F)c1ccc(=O)n(-c2ccccc2)c1NC1CCC1. The molecule has 1 aliphatic rings. The Morgan fingerprint density at radius 2 is 1.68 bits per heavy atom. The van der Waals surface area contributed by atoms with Gasteiger partial charge in [0.15, 0.2) is 5.78 Å². The third kappa shape index (κ3) is 3.33. The van der Waals surface area contributed by atoms with Crippen molar-refractivity contribution in [3.05, 3.63) is 93.8 Å². The Morgan fingerprint density at radius 1 is 0.964 bits per heavy atom. The zero-order chi connectivity index (χ0) is 19.7. The van der Waals surface area contributed by atoms with Crippen LogP contribution in [0.2, 0.25) is 0 Å². The highest BCUT2D eigenvalue weighted by Crippen LogP contribution is 2.28. The Morgan fingerprint density at radius 3 is 2.32 bits per heavy atom. The van der Waals surface area contributed by atoms with Crippen molar-refractivity contribution in [1.29, 1.82) is 0 Å². The van der Waals surface area contributed by atoms with Crippen molar-refractivity contribution in [2.75, 3.05) is 5.32 Å². The lowest BCUT2D eigenvalue weighted by atomic mass is 9.92. The molecular formula is C22H18F2N2O2. The molecule has 0 atom stereocenters. The minimum atomic E-state index is -0.933. The summed E-state index contributed by atoms with van der Waals surface area (Å²) in [5.74, 6) is -1.96. The van der Waals surface area contributed by atoms with Crippen molar-refractivity contribution >= 4 is 11.6 Å². The lowest BCUT2D eigenvalue weighted by Crippen LogP contribution is -2.32. The first-order chi connectivity index (χ1) is 13.5. The highest BCUT2D eigenvalue weighted by Gasteiger charge is 2.25. The Bertz CT molecular complexity index is 1090. The predicted molar refractivity (Wildman–Crippen MR) is 103 cm³/mol. The van der Waals surface area contributed by atoms with Gasteiger partial charge in [-0.2, -0.15) is 0 Å². The molecule has 3 aromatic rings. The number of rotatable bonds is 5. The van der Waals surface area contributed by atoms with Crippen LogP contribution < -0.4 is 10.9 Å². The van der Waals surface area contributed by atoms with Crippen molar-refractivity contribution in [3.63, 3.8) is 0 Å². The molecule has 142 valence electrons. The number of nitrogens with one attached hydrogen (secondary N) is 1. The maximum absolute atomic E-state index is 14.2. The van der Waals surface area contributed by atoms with Crippen LogP contribution in [0.5, 0.6) is 0 Å². The third-order valence-corrected chi connectivity index (χ3v) is 4.97. The van der Waals surface area contributed by atoms with E-state index in [2.05, 4.69) is 5.32 Å². The van der Waals surface area contributed by atoms with E-state index in [4.69, 9.17) is 0 Å². The third-order valence-electron chi connectivity index (χ3n) is 4.97. The second-order valence-corrected chi connectivity index (χ2v) is 6.83. The van der Waals surface area contributed by atoms with Gasteiger partial charge < -0.3 is 5.32 Å². The number of ketones is 1. The molecule has 0 spiro atoms. The van der Waals surface area contributed by atoms with Gasteiger partial charge in [0.1, 0.15) is 17.5 Å². The van der Waals surface area contributed by atoms with E-state index in [0.29, 0.717) is 17.6 Å². The smallest absolute Gasteiger partial charge is 0.256 e. The van der Waals surface area contributed by atoms with Crippen LogP contribution in [-0.2, 0) is 0 Å². The summed E-state index contributed by atoms with van der Waals surface area (Å²) in [7, 11) is 0. The van der Waals surface area contributed by atoms with Gasteiger partial charge in [-0.25, -0.2) is 8.78 Å². The second-order valence-electron chi connectivity index (χ2n) is 6.83. The summed E-state index contributed by atoms with van der Waals surface area (Å²) in [5, 5.41) is 3.28. The number of nitrogens with zero attached hydrogens (tertiary/aromatic N) is 1. The van der Waals surface area contributed by atoms with E-state index in [0.717, 1.165) is 31.4 Å². The van der Waals surface area contributed by atoms with Crippen LogP contribution in [0.3, 0.4) is 0 Å². The first kappa shape index (κ1) is 18.1. The maximum atomic E-state index is 14.2. The normalized spacial score (nSPS) is 13.8. The number of hydrogen-bond acceptors (Lipinski definition) is 3. The lowest BCUT2D eigenvalue weighted by molar-refractivity contribution is 0.103. The molecule has 1 heterocycles. The molecule has 0 amide bonds. The molecule has 4 rings (SSSR count). The Balaban J connectivity index is 1.89. The summed E-state index contributed by atoms with van der Waals surface area (Å²) in [4.78, 5) is 25.7. The Hall–Kier alpha value is -3.28. The summed E-state index contributed by atoms with van der Waals surface area (Å²) >= 11 is 0. The Kier molecular flexibility index (Phi) is 4.77. The average molecular weight is 380 g/mol. The van der Waals surface area contributed by atoms with E-state index in [9.17, 15) is 18.4 Å². The highest BCUT2D eigenvalue weighted by atomic mass is 19.1. The number of aromatic nitrogens is 1. The summed E-state index contributed by atoms with van der Waals surface area (Å²) in [6.45, 7) is 0. The van der Waals surface area contributed by atoms with Gasteiger partial charge in [-0.15, -0.1) is 0 Å². The Labute approximate surface area is 160 Å². The van der Waals surface area contributed by atoms with Crippen LogP contribution in [0.25, 0.3) is 5.69 Å².